The molecular formula is C14H14N4S. The highest BCUT2D eigenvalue weighted by molar-refractivity contribution is 7.13. The topological polar surface area (TPSA) is 56.7 Å². The van der Waals surface area contributed by atoms with E-state index in [1.807, 2.05) is 23.2 Å². The summed E-state index contributed by atoms with van der Waals surface area (Å²) in [7, 11) is 0. The Bertz CT molecular complexity index is 709. The lowest BCUT2D eigenvalue weighted by atomic mass is 10.2. The van der Waals surface area contributed by atoms with Crippen molar-refractivity contribution in [2.24, 2.45) is 0 Å². The summed E-state index contributed by atoms with van der Waals surface area (Å²) >= 11 is 1.44. The Morgan fingerprint density at radius 2 is 1.89 bits per heavy atom. The number of aryl methyl sites for hydroxylation is 1. The van der Waals surface area contributed by atoms with Gasteiger partial charge in [0, 0.05) is 10.9 Å². The van der Waals surface area contributed by atoms with Crippen LogP contribution in [0.25, 0.3) is 16.9 Å². The van der Waals surface area contributed by atoms with Gasteiger partial charge in [-0.3, -0.25) is 0 Å². The van der Waals surface area contributed by atoms with Crippen LogP contribution in [0, 0.1) is 13.8 Å². The van der Waals surface area contributed by atoms with Crippen LogP contribution in [0.3, 0.4) is 0 Å². The van der Waals surface area contributed by atoms with Crippen molar-refractivity contribution in [2.45, 2.75) is 13.8 Å². The number of benzene rings is 1. The summed E-state index contributed by atoms with van der Waals surface area (Å²) < 4.78 is 1.92. The summed E-state index contributed by atoms with van der Waals surface area (Å²) in [5, 5.41) is 6.98. The third-order valence-electron chi connectivity index (χ3n) is 3.09. The number of hydrogen-bond acceptors (Lipinski definition) is 4. The van der Waals surface area contributed by atoms with Crippen molar-refractivity contribution in [2.75, 3.05) is 5.73 Å². The molecule has 19 heavy (non-hydrogen) atoms. The first-order valence-corrected chi connectivity index (χ1v) is 6.86. The van der Waals surface area contributed by atoms with Crippen molar-refractivity contribution >= 4 is 16.5 Å². The van der Waals surface area contributed by atoms with Gasteiger partial charge in [-0.15, -0.1) is 11.3 Å². The molecule has 4 nitrogen and oxygen atoms in total. The van der Waals surface area contributed by atoms with Gasteiger partial charge in [-0.25, -0.2) is 9.67 Å². The molecule has 2 heterocycles. The lowest BCUT2D eigenvalue weighted by Crippen LogP contribution is -1.98. The Labute approximate surface area is 115 Å². The maximum atomic E-state index is 5.68. The molecule has 0 radical (unpaired) electrons. The van der Waals surface area contributed by atoms with Crippen LogP contribution in [0.2, 0.25) is 0 Å². The van der Waals surface area contributed by atoms with E-state index >= 15 is 0 Å². The summed E-state index contributed by atoms with van der Waals surface area (Å²) in [6.45, 7) is 4.11. The van der Waals surface area contributed by atoms with Crippen LogP contribution in [0.5, 0.6) is 0 Å². The molecule has 0 saturated heterocycles. The monoisotopic (exact) mass is 270 g/mol. The molecule has 0 aliphatic heterocycles. The van der Waals surface area contributed by atoms with Crippen molar-refractivity contribution < 1.29 is 0 Å². The zero-order valence-corrected chi connectivity index (χ0v) is 11.6. The number of aromatic nitrogens is 3. The fraction of sp³-hybridized carbons (Fsp3) is 0.143. The van der Waals surface area contributed by atoms with Gasteiger partial charge in [0.05, 0.1) is 23.3 Å². The van der Waals surface area contributed by atoms with Crippen molar-refractivity contribution in [1.29, 1.82) is 0 Å². The molecule has 2 N–H and O–H groups in total. The van der Waals surface area contributed by atoms with Gasteiger partial charge in [0.1, 0.15) is 0 Å². The van der Waals surface area contributed by atoms with Crippen LogP contribution in [0.15, 0.2) is 35.8 Å². The van der Waals surface area contributed by atoms with E-state index in [2.05, 4.69) is 41.3 Å². The summed E-state index contributed by atoms with van der Waals surface area (Å²) in [4.78, 5) is 4.31. The normalized spacial score (nSPS) is 10.8. The van der Waals surface area contributed by atoms with Gasteiger partial charge in [-0.05, 0) is 26.0 Å². The molecule has 0 saturated carbocycles. The van der Waals surface area contributed by atoms with Gasteiger partial charge in [0.2, 0.25) is 0 Å². The first kappa shape index (κ1) is 11.9. The predicted molar refractivity (Wildman–Crippen MR) is 78.6 cm³/mol. The standard InChI is InChI=1S/C14H14N4S/c1-9-3-5-11(6-4-9)18-10(2)12(7-16-18)13-8-19-14(15)17-13/h3-8H,1-2H3,(H2,15,17). The molecule has 0 amide bonds. The Kier molecular flexibility index (Phi) is 2.83. The van der Waals surface area contributed by atoms with Gasteiger partial charge < -0.3 is 5.73 Å². The minimum Gasteiger partial charge on any atom is -0.375 e. The highest BCUT2D eigenvalue weighted by atomic mass is 32.1. The lowest BCUT2D eigenvalue weighted by molar-refractivity contribution is 0.847. The molecule has 3 rings (SSSR count). The highest BCUT2D eigenvalue weighted by Gasteiger charge is 2.12. The Hall–Kier alpha value is -2.14. The zero-order chi connectivity index (χ0) is 13.4. The Balaban J connectivity index is 2.06. The van der Waals surface area contributed by atoms with E-state index in [4.69, 9.17) is 5.73 Å². The zero-order valence-electron chi connectivity index (χ0n) is 10.8. The van der Waals surface area contributed by atoms with Crippen molar-refractivity contribution in [3.63, 3.8) is 0 Å². The second-order valence-electron chi connectivity index (χ2n) is 4.46. The van der Waals surface area contributed by atoms with Crippen LogP contribution in [0.4, 0.5) is 5.13 Å². The van der Waals surface area contributed by atoms with E-state index in [9.17, 15) is 0 Å². The van der Waals surface area contributed by atoms with Gasteiger partial charge in [0.25, 0.3) is 0 Å². The quantitative estimate of drug-likeness (QED) is 0.778. The third-order valence-corrected chi connectivity index (χ3v) is 3.76. The average Bonchev–Trinajstić information content (AvgIpc) is 2.97. The summed E-state index contributed by atoms with van der Waals surface area (Å²) in [5.74, 6) is 0. The minimum atomic E-state index is 0.581. The molecule has 0 atom stereocenters. The van der Waals surface area contributed by atoms with Crippen molar-refractivity contribution in [3.8, 4) is 16.9 Å². The van der Waals surface area contributed by atoms with Gasteiger partial charge in [0.15, 0.2) is 5.13 Å². The second kappa shape index (κ2) is 4.51. The Morgan fingerprint density at radius 1 is 1.16 bits per heavy atom. The first-order valence-electron chi connectivity index (χ1n) is 5.98. The fourth-order valence-electron chi connectivity index (χ4n) is 2.02. The largest absolute Gasteiger partial charge is 0.375 e. The number of anilines is 1. The molecule has 0 aliphatic carbocycles. The molecule has 0 bridgehead atoms. The lowest BCUT2D eigenvalue weighted by Gasteiger charge is -2.05. The number of hydrogen-bond donors (Lipinski definition) is 1. The summed E-state index contributed by atoms with van der Waals surface area (Å²) in [5.41, 5.74) is 10.9. The van der Waals surface area contributed by atoms with Crippen LogP contribution >= 0.6 is 11.3 Å². The molecule has 2 aromatic heterocycles. The van der Waals surface area contributed by atoms with Gasteiger partial charge >= 0.3 is 0 Å². The molecule has 0 fully saturated rings. The average molecular weight is 270 g/mol. The van der Waals surface area contributed by atoms with Gasteiger partial charge in [-0.2, -0.15) is 5.10 Å². The predicted octanol–water partition coefficient (Wildman–Crippen LogP) is 3.19. The van der Waals surface area contributed by atoms with Crippen LogP contribution in [-0.4, -0.2) is 14.8 Å². The number of thiazole rings is 1. The molecule has 96 valence electrons. The summed E-state index contributed by atoms with van der Waals surface area (Å²) in [6, 6.07) is 8.29. The SMILES string of the molecule is Cc1ccc(-n2ncc(-c3csc(N)n3)c2C)cc1. The first-order chi connectivity index (χ1) is 9.15. The van der Waals surface area contributed by atoms with Crippen LogP contribution < -0.4 is 5.73 Å². The number of nitrogen functional groups attached to an aromatic ring is 1. The van der Waals surface area contributed by atoms with Crippen LogP contribution in [-0.2, 0) is 0 Å². The molecule has 0 unspecified atom stereocenters. The number of rotatable bonds is 2. The molecule has 5 heteroatoms. The number of nitrogens with two attached hydrogens (primary N) is 1. The van der Waals surface area contributed by atoms with E-state index in [-0.39, 0.29) is 0 Å². The molecule has 3 aromatic rings. The summed E-state index contributed by atoms with van der Waals surface area (Å²) in [6.07, 6.45) is 1.84. The van der Waals surface area contributed by atoms with Gasteiger partial charge in [-0.1, -0.05) is 17.7 Å². The van der Waals surface area contributed by atoms with E-state index in [0.29, 0.717) is 5.13 Å². The van der Waals surface area contributed by atoms with E-state index in [1.165, 1.54) is 16.9 Å². The number of nitrogens with zero attached hydrogens (tertiary/aromatic N) is 3. The van der Waals surface area contributed by atoms with Crippen molar-refractivity contribution in [3.05, 3.63) is 47.1 Å². The van der Waals surface area contributed by atoms with Crippen LogP contribution in [0.1, 0.15) is 11.3 Å². The maximum Gasteiger partial charge on any atom is 0.180 e. The highest BCUT2D eigenvalue weighted by Crippen LogP contribution is 2.27. The van der Waals surface area contributed by atoms with E-state index in [0.717, 1.165) is 22.6 Å². The smallest absolute Gasteiger partial charge is 0.180 e. The third kappa shape index (κ3) is 2.13. The molecule has 0 spiro atoms. The van der Waals surface area contributed by atoms with Crippen molar-refractivity contribution in [1.82, 2.24) is 14.8 Å². The second-order valence-corrected chi connectivity index (χ2v) is 5.35. The minimum absolute atomic E-state index is 0.581. The van der Waals surface area contributed by atoms with E-state index in [1.54, 1.807) is 0 Å². The fourth-order valence-corrected chi connectivity index (χ4v) is 2.58. The molecule has 1 aromatic carbocycles. The molecular weight excluding hydrogens is 256 g/mol. The molecule has 0 aliphatic rings. The van der Waals surface area contributed by atoms with E-state index < -0.39 is 0 Å². The Morgan fingerprint density at radius 3 is 2.53 bits per heavy atom. The maximum absolute atomic E-state index is 5.68.